The molecule has 0 aliphatic rings. The van der Waals surface area contributed by atoms with E-state index in [1.165, 1.54) is 6.26 Å². The van der Waals surface area contributed by atoms with Crippen LogP contribution in [0.3, 0.4) is 0 Å². The minimum atomic E-state index is -2.90. The topological polar surface area (TPSA) is 57.6 Å². The molecule has 0 bridgehead atoms. The van der Waals surface area contributed by atoms with Crippen LogP contribution in [0, 0.1) is 5.92 Å². The van der Waals surface area contributed by atoms with E-state index in [9.17, 15) is 13.5 Å². The minimum Gasteiger partial charge on any atom is -0.392 e. The van der Waals surface area contributed by atoms with Crippen molar-refractivity contribution in [3.8, 4) is 0 Å². The van der Waals surface area contributed by atoms with Crippen molar-refractivity contribution in [2.24, 2.45) is 5.92 Å². The molecule has 0 heterocycles. The zero-order valence-electron chi connectivity index (χ0n) is 10.1. The first-order valence-corrected chi connectivity index (χ1v) is 7.36. The maximum absolute atomic E-state index is 10.9. The molecular weight excluding hydrogens is 214 g/mol. The third kappa shape index (κ3) is 7.76. The predicted octanol–water partition coefficient (Wildman–Crippen LogP) is 0.370. The van der Waals surface area contributed by atoms with E-state index >= 15 is 0 Å². The molecule has 0 aromatic heterocycles. The summed E-state index contributed by atoms with van der Waals surface area (Å²) in [7, 11) is -1.07. The molecule has 4 nitrogen and oxygen atoms in total. The van der Waals surface area contributed by atoms with Gasteiger partial charge in [-0.2, -0.15) is 0 Å². The van der Waals surface area contributed by atoms with Gasteiger partial charge < -0.3 is 10.0 Å². The number of aliphatic hydroxyl groups excluding tert-OH is 1. The van der Waals surface area contributed by atoms with Crippen molar-refractivity contribution in [1.29, 1.82) is 0 Å². The summed E-state index contributed by atoms with van der Waals surface area (Å²) in [5.74, 6) is 0.405. The number of rotatable bonds is 7. The molecule has 2 unspecified atom stereocenters. The van der Waals surface area contributed by atoms with Crippen LogP contribution in [-0.2, 0) is 9.84 Å². The molecular formula is C10H23NO3S. The van der Waals surface area contributed by atoms with E-state index in [2.05, 4.69) is 0 Å². The van der Waals surface area contributed by atoms with Crippen LogP contribution in [0.25, 0.3) is 0 Å². The lowest BCUT2D eigenvalue weighted by Gasteiger charge is -2.23. The van der Waals surface area contributed by atoms with Gasteiger partial charge in [-0.25, -0.2) is 8.42 Å². The second-order valence-electron chi connectivity index (χ2n) is 4.34. The molecule has 0 saturated carbocycles. The molecule has 0 aliphatic heterocycles. The van der Waals surface area contributed by atoms with E-state index < -0.39 is 9.84 Å². The second-order valence-corrected chi connectivity index (χ2v) is 6.60. The van der Waals surface area contributed by atoms with Crippen LogP contribution >= 0.6 is 0 Å². The summed E-state index contributed by atoms with van der Waals surface area (Å²) in [5, 5.41) is 9.73. The van der Waals surface area contributed by atoms with Crippen molar-refractivity contribution >= 4 is 9.84 Å². The highest BCUT2D eigenvalue weighted by molar-refractivity contribution is 7.90. The third-order valence-corrected chi connectivity index (χ3v) is 3.57. The SMILES string of the molecule is CCC(C)C(O)CN(C)CCS(C)(=O)=O. The zero-order valence-corrected chi connectivity index (χ0v) is 10.9. The predicted molar refractivity (Wildman–Crippen MR) is 62.7 cm³/mol. The number of hydrogen-bond donors (Lipinski definition) is 1. The van der Waals surface area contributed by atoms with E-state index in [0.717, 1.165) is 6.42 Å². The lowest BCUT2D eigenvalue weighted by molar-refractivity contribution is 0.0796. The molecule has 0 spiro atoms. The molecule has 0 aromatic rings. The van der Waals surface area contributed by atoms with Gasteiger partial charge in [-0.3, -0.25) is 0 Å². The summed E-state index contributed by atoms with van der Waals surface area (Å²) in [6.45, 7) is 5.04. The van der Waals surface area contributed by atoms with Gasteiger partial charge in [0.1, 0.15) is 9.84 Å². The van der Waals surface area contributed by atoms with Gasteiger partial charge in [0.25, 0.3) is 0 Å². The highest BCUT2D eigenvalue weighted by Crippen LogP contribution is 2.08. The Hall–Kier alpha value is -0.130. The standard InChI is InChI=1S/C10H23NO3S/c1-5-9(2)10(12)8-11(3)6-7-15(4,13)14/h9-10,12H,5-8H2,1-4H3. The van der Waals surface area contributed by atoms with Crippen molar-refractivity contribution in [1.82, 2.24) is 4.90 Å². The van der Waals surface area contributed by atoms with Crippen molar-refractivity contribution in [3.63, 3.8) is 0 Å². The Morgan fingerprint density at radius 3 is 2.33 bits per heavy atom. The fourth-order valence-corrected chi connectivity index (χ4v) is 1.83. The van der Waals surface area contributed by atoms with Crippen molar-refractivity contribution < 1.29 is 13.5 Å². The molecule has 92 valence electrons. The van der Waals surface area contributed by atoms with Gasteiger partial charge in [-0.15, -0.1) is 0 Å². The summed E-state index contributed by atoms with van der Waals surface area (Å²) < 4.78 is 21.8. The van der Waals surface area contributed by atoms with Crippen LogP contribution in [0.15, 0.2) is 0 Å². The highest BCUT2D eigenvalue weighted by atomic mass is 32.2. The summed E-state index contributed by atoms with van der Waals surface area (Å²) in [6.07, 6.45) is 1.78. The smallest absolute Gasteiger partial charge is 0.148 e. The Kier molecular flexibility index (Phi) is 6.40. The van der Waals surface area contributed by atoms with Crippen LogP contribution in [-0.4, -0.2) is 56.7 Å². The lowest BCUT2D eigenvalue weighted by Crippen LogP contribution is -2.35. The first-order chi connectivity index (χ1) is 6.76. The first kappa shape index (κ1) is 14.9. The van der Waals surface area contributed by atoms with Gasteiger partial charge in [0.15, 0.2) is 0 Å². The number of likely N-dealkylation sites (N-methyl/N-ethyl adjacent to an activating group) is 1. The Balaban J connectivity index is 3.88. The molecule has 2 atom stereocenters. The van der Waals surface area contributed by atoms with Crippen LogP contribution < -0.4 is 0 Å². The molecule has 0 aliphatic carbocycles. The third-order valence-electron chi connectivity index (χ3n) is 2.64. The van der Waals surface area contributed by atoms with Gasteiger partial charge in [0.05, 0.1) is 11.9 Å². The van der Waals surface area contributed by atoms with Crippen molar-refractivity contribution in [3.05, 3.63) is 0 Å². The number of aliphatic hydroxyl groups is 1. The Labute approximate surface area is 93.2 Å². The summed E-state index contributed by atoms with van der Waals surface area (Å²) in [6, 6.07) is 0. The van der Waals surface area contributed by atoms with Crippen LogP contribution in [0.5, 0.6) is 0 Å². The quantitative estimate of drug-likeness (QED) is 0.695. The monoisotopic (exact) mass is 237 g/mol. The van der Waals surface area contributed by atoms with Crippen LogP contribution in [0.1, 0.15) is 20.3 Å². The number of hydrogen-bond acceptors (Lipinski definition) is 4. The largest absolute Gasteiger partial charge is 0.392 e. The van der Waals surface area contributed by atoms with E-state index in [1.54, 1.807) is 0 Å². The Morgan fingerprint density at radius 1 is 1.40 bits per heavy atom. The van der Waals surface area contributed by atoms with E-state index in [1.807, 2.05) is 25.8 Å². The molecule has 1 N–H and O–H groups in total. The molecule has 0 fully saturated rings. The molecule has 15 heavy (non-hydrogen) atoms. The normalized spacial score (nSPS) is 16.7. The Morgan fingerprint density at radius 2 is 1.93 bits per heavy atom. The minimum absolute atomic E-state index is 0.150. The molecule has 0 amide bonds. The second kappa shape index (κ2) is 6.45. The summed E-state index contributed by atoms with van der Waals surface area (Å²) >= 11 is 0. The van der Waals surface area contributed by atoms with Gasteiger partial charge >= 0.3 is 0 Å². The van der Waals surface area contributed by atoms with Crippen LogP contribution in [0.2, 0.25) is 0 Å². The number of sulfone groups is 1. The molecule has 5 heteroatoms. The molecule has 0 radical (unpaired) electrons. The fourth-order valence-electron chi connectivity index (χ4n) is 1.18. The van der Waals surface area contributed by atoms with Crippen LogP contribution in [0.4, 0.5) is 0 Å². The maximum atomic E-state index is 10.9. The average Bonchev–Trinajstić information content (AvgIpc) is 2.12. The van der Waals surface area contributed by atoms with E-state index in [4.69, 9.17) is 0 Å². The summed E-state index contributed by atoms with van der Waals surface area (Å²) in [4.78, 5) is 1.86. The van der Waals surface area contributed by atoms with E-state index in [-0.39, 0.29) is 17.8 Å². The highest BCUT2D eigenvalue weighted by Gasteiger charge is 2.15. The maximum Gasteiger partial charge on any atom is 0.148 e. The Bertz CT molecular complexity index is 264. The first-order valence-electron chi connectivity index (χ1n) is 5.30. The zero-order chi connectivity index (χ0) is 12.1. The summed E-state index contributed by atoms with van der Waals surface area (Å²) in [5.41, 5.74) is 0. The molecule has 0 saturated heterocycles. The average molecular weight is 237 g/mol. The van der Waals surface area contributed by atoms with Gasteiger partial charge in [-0.05, 0) is 13.0 Å². The van der Waals surface area contributed by atoms with Gasteiger partial charge in [0, 0.05) is 19.3 Å². The van der Waals surface area contributed by atoms with E-state index in [0.29, 0.717) is 13.1 Å². The van der Waals surface area contributed by atoms with Gasteiger partial charge in [-0.1, -0.05) is 20.3 Å². The molecule has 0 rings (SSSR count). The van der Waals surface area contributed by atoms with Crippen molar-refractivity contribution in [2.75, 3.05) is 32.1 Å². The fraction of sp³-hybridized carbons (Fsp3) is 1.00. The van der Waals surface area contributed by atoms with Gasteiger partial charge in [0.2, 0.25) is 0 Å². The molecule has 0 aromatic carbocycles. The lowest BCUT2D eigenvalue weighted by atomic mass is 10.0. The number of nitrogens with zero attached hydrogens (tertiary/aromatic N) is 1. The van der Waals surface area contributed by atoms with Crippen molar-refractivity contribution in [2.45, 2.75) is 26.4 Å².